The molecule has 1 N–H and O–H groups in total. The van der Waals surface area contributed by atoms with Gasteiger partial charge >= 0.3 is 18.3 Å². The van der Waals surface area contributed by atoms with E-state index in [0.29, 0.717) is 12.1 Å². The van der Waals surface area contributed by atoms with Gasteiger partial charge in [-0.1, -0.05) is 33.9 Å². The van der Waals surface area contributed by atoms with Gasteiger partial charge < -0.3 is 10.1 Å². The van der Waals surface area contributed by atoms with Crippen LogP contribution < -0.4 is 5.32 Å². The number of alkyl halides is 6. The molecule has 0 aliphatic rings. The Morgan fingerprint density at radius 2 is 1.48 bits per heavy atom. The van der Waals surface area contributed by atoms with Gasteiger partial charge in [-0.25, -0.2) is 4.79 Å². The quantitative estimate of drug-likeness (QED) is 0.259. The Labute approximate surface area is 190 Å². The molecule has 0 saturated heterocycles. The largest absolute Gasteiger partial charge is 0.467 e. The van der Waals surface area contributed by atoms with E-state index in [1.54, 1.807) is 0 Å². The van der Waals surface area contributed by atoms with Crippen LogP contribution in [0.1, 0.15) is 43.9 Å². The monoisotopic (exact) mass is 495 g/mol. The molecule has 1 amide bonds. The van der Waals surface area contributed by atoms with Crippen molar-refractivity contribution in [3.05, 3.63) is 34.9 Å². The van der Waals surface area contributed by atoms with Crippen molar-refractivity contribution in [3.63, 3.8) is 0 Å². The highest BCUT2D eigenvalue weighted by atomic mass is 28.3. The minimum atomic E-state index is -5.03. The topological polar surface area (TPSA) is 55.4 Å². The highest BCUT2D eigenvalue weighted by Gasteiger charge is 2.37. The third kappa shape index (κ3) is 8.42. The molecule has 0 saturated carbocycles. The predicted octanol–water partition coefficient (Wildman–Crippen LogP) is 5.37. The van der Waals surface area contributed by atoms with Gasteiger partial charge in [0.2, 0.25) is 5.91 Å². The van der Waals surface area contributed by atoms with Gasteiger partial charge in [-0.15, -0.1) is 11.5 Å². The van der Waals surface area contributed by atoms with Gasteiger partial charge in [0.1, 0.15) is 14.1 Å². The summed E-state index contributed by atoms with van der Waals surface area (Å²) in [4.78, 5) is 24.4. The summed E-state index contributed by atoms with van der Waals surface area (Å²) >= 11 is 0. The van der Waals surface area contributed by atoms with E-state index in [1.165, 1.54) is 0 Å². The van der Waals surface area contributed by atoms with Crippen LogP contribution >= 0.6 is 0 Å². The molecule has 1 atom stereocenters. The second-order valence-corrected chi connectivity index (χ2v) is 14.1. The fraction of sp³-hybridized carbons (Fsp3) is 0.545. The fourth-order valence-corrected chi connectivity index (χ4v) is 3.37. The van der Waals surface area contributed by atoms with Crippen molar-refractivity contribution in [1.29, 1.82) is 0 Å². The maximum atomic E-state index is 13.0. The van der Waals surface area contributed by atoms with E-state index in [9.17, 15) is 35.9 Å². The molecule has 1 aromatic carbocycles. The Morgan fingerprint density at radius 3 is 1.88 bits per heavy atom. The molecule has 1 rings (SSSR count). The van der Waals surface area contributed by atoms with Gasteiger partial charge in [0.05, 0.1) is 24.7 Å². The summed E-state index contributed by atoms with van der Waals surface area (Å²) in [5.74, 6) is 1.11. The van der Waals surface area contributed by atoms with Crippen LogP contribution in [0.15, 0.2) is 18.2 Å². The van der Waals surface area contributed by atoms with E-state index >= 15 is 0 Å². The molecule has 0 unspecified atom stereocenters. The lowest BCUT2D eigenvalue weighted by Crippen LogP contribution is -2.42. The van der Waals surface area contributed by atoms with Crippen LogP contribution in [-0.4, -0.2) is 33.1 Å². The van der Waals surface area contributed by atoms with Crippen molar-refractivity contribution in [2.45, 2.75) is 70.1 Å². The molecule has 4 nitrogen and oxygen atoms in total. The van der Waals surface area contributed by atoms with E-state index in [0.717, 1.165) is 7.11 Å². The SMILES string of the molecule is COC(=O)[C@@H](CC#C[Si](C)(C)C(C)(C)C)NC(=O)Cc1cc(C(F)(F)F)cc(C(F)(F)F)c1. The zero-order valence-corrected chi connectivity index (χ0v) is 20.2. The summed E-state index contributed by atoms with van der Waals surface area (Å²) < 4.78 is 82.7. The Bertz CT molecular complexity index is 904. The smallest absolute Gasteiger partial charge is 0.416 e. The number of methoxy groups -OCH3 is 1. The molecule has 0 bridgehead atoms. The zero-order chi connectivity index (χ0) is 25.8. The molecule has 1 aromatic rings. The Kier molecular flexibility index (Phi) is 8.82. The van der Waals surface area contributed by atoms with Gasteiger partial charge in [-0.2, -0.15) is 26.3 Å². The number of halogens is 6. The van der Waals surface area contributed by atoms with E-state index in [1.807, 2.05) is 33.9 Å². The summed E-state index contributed by atoms with van der Waals surface area (Å²) in [6, 6.07) is -0.291. The molecule has 0 aliphatic heterocycles. The molecule has 0 aliphatic carbocycles. The molecule has 0 aromatic heterocycles. The van der Waals surface area contributed by atoms with Crippen LogP contribution in [0, 0.1) is 11.5 Å². The van der Waals surface area contributed by atoms with Crippen molar-refractivity contribution >= 4 is 20.0 Å². The minimum absolute atomic E-state index is 0.0187. The van der Waals surface area contributed by atoms with Crippen LogP contribution in [0.5, 0.6) is 0 Å². The minimum Gasteiger partial charge on any atom is -0.467 e. The maximum absolute atomic E-state index is 13.0. The van der Waals surface area contributed by atoms with Crippen molar-refractivity contribution in [2.24, 2.45) is 0 Å². The number of amides is 1. The molecule has 0 spiro atoms. The van der Waals surface area contributed by atoms with Crippen LogP contribution in [-0.2, 0) is 33.1 Å². The standard InChI is InChI=1S/C22H27F6NO3Si/c1-20(2,3)33(5,6)9-7-8-17(19(31)32-4)29-18(30)12-14-10-15(21(23,24)25)13-16(11-14)22(26,27)28/h10-11,13,17H,8,12H2,1-6H3,(H,29,30)/t17-/m1/s1. The number of benzene rings is 1. The third-order valence-electron chi connectivity index (χ3n) is 5.42. The summed E-state index contributed by atoms with van der Waals surface area (Å²) in [5.41, 5.74) is -0.382. The predicted molar refractivity (Wildman–Crippen MR) is 114 cm³/mol. The van der Waals surface area contributed by atoms with Crippen molar-refractivity contribution in [3.8, 4) is 11.5 Å². The first-order valence-electron chi connectivity index (χ1n) is 9.93. The number of esters is 1. The first-order chi connectivity index (χ1) is 14.8. The first kappa shape index (κ1) is 28.5. The molecule has 184 valence electrons. The average molecular weight is 496 g/mol. The number of hydrogen-bond acceptors (Lipinski definition) is 3. The lowest BCUT2D eigenvalue weighted by atomic mass is 10.0. The summed E-state index contributed by atoms with van der Waals surface area (Å²) in [6.45, 7) is 10.2. The number of ether oxygens (including phenoxy) is 1. The Morgan fingerprint density at radius 1 is 1.00 bits per heavy atom. The van der Waals surface area contributed by atoms with Gasteiger partial charge in [-0.3, -0.25) is 4.79 Å². The molecule has 0 radical (unpaired) electrons. The number of nitrogens with one attached hydrogen (secondary N) is 1. The molecule has 0 heterocycles. The number of carbonyl (C=O) groups is 2. The molecule has 11 heteroatoms. The van der Waals surface area contributed by atoms with Crippen LogP contribution in [0.4, 0.5) is 26.3 Å². The summed E-state index contributed by atoms with van der Waals surface area (Å²) in [6.07, 6.45) is -11.0. The van der Waals surface area contributed by atoms with E-state index in [2.05, 4.69) is 21.5 Å². The fourth-order valence-electron chi connectivity index (χ4n) is 2.45. The highest BCUT2D eigenvalue weighted by Crippen LogP contribution is 2.37. The van der Waals surface area contributed by atoms with Gasteiger partial charge in [0, 0.05) is 6.42 Å². The van der Waals surface area contributed by atoms with Crippen LogP contribution in [0.2, 0.25) is 18.1 Å². The molecule has 0 fully saturated rings. The lowest BCUT2D eigenvalue weighted by molar-refractivity contribution is -0.144. The zero-order valence-electron chi connectivity index (χ0n) is 19.2. The first-order valence-corrected chi connectivity index (χ1v) is 12.9. The normalized spacial score (nSPS) is 13.6. The second-order valence-electron chi connectivity index (χ2n) is 9.12. The molecular weight excluding hydrogens is 468 g/mol. The Hall–Kier alpha value is -2.48. The lowest BCUT2D eigenvalue weighted by Gasteiger charge is -2.31. The number of carbonyl (C=O) groups excluding carboxylic acids is 2. The second kappa shape index (κ2) is 10.2. The van der Waals surface area contributed by atoms with Crippen LogP contribution in [0.3, 0.4) is 0 Å². The van der Waals surface area contributed by atoms with Crippen molar-refractivity contribution in [2.75, 3.05) is 7.11 Å². The number of rotatable bonds is 5. The summed E-state index contributed by atoms with van der Waals surface area (Å²) in [7, 11) is -0.917. The van der Waals surface area contributed by atoms with Crippen molar-refractivity contribution in [1.82, 2.24) is 5.32 Å². The van der Waals surface area contributed by atoms with Crippen LogP contribution in [0.25, 0.3) is 0 Å². The molecular formula is C22H27F6NO3Si. The maximum Gasteiger partial charge on any atom is 0.416 e. The van der Waals surface area contributed by atoms with Gasteiger partial charge in [-0.05, 0) is 28.8 Å². The van der Waals surface area contributed by atoms with E-state index in [-0.39, 0.29) is 17.5 Å². The highest BCUT2D eigenvalue weighted by molar-refractivity contribution is 6.87. The number of hydrogen-bond donors (Lipinski definition) is 1. The van der Waals surface area contributed by atoms with Gasteiger partial charge in [0.25, 0.3) is 0 Å². The Balaban J connectivity index is 3.11. The van der Waals surface area contributed by atoms with Crippen molar-refractivity contribution < 1.29 is 40.7 Å². The average Bonchev–Trinajstić information content (AvgIpc) is 2.63. The van der Waals surface area contributed by atoms with E-state index < -0.39 is 61.5 Å². The summed E-state index contributed by atoms with van der Waals surface area (Å²) in [5, 5.41) is 2.24. The van der Waals surface area contributed by atoms with Gasteiger partial charge in [0.15, 0.2) is 0 Å². The third-order valence-corrected chi connectivity index (χ3v) is 9.97. The van der Waals surface area contributed by atoms with E-state index in [4.69, 9.17) is 0 Å². The molecule has 33 heavy (non-hydrogen) atoms.